The molecule has 0 atom stereocenters. The van der Waals surface area contributed by atoms with Crippen LogP contribution in [0.4, 0.5) is 0 Å². The van der Waals surface area contributed by atoms with E-state index in [2.05, 4.69) is 5.32 Å². The molecular formula is C5H14KNO3S. The summed E-state index contributed by atoms with van der Waals surface area (Å²) < 4.78 is 28.5. The molecule has 6 heteroatoms. The predicted molar refractivity (Wildman–Crippen MR) is 40.7 cm³/mol. The van der Waals surface area contributed by atoms with E-state index in [1.54, 1.807) is 7.05 Å². The first kappa shape index (κ1) is 15.0. The van der Waals surface area contributed by atoms with Gasteiger partial charge in [0.05, 0.1) is 5.75 Å². The Bertz CT molecular complexity index is 174. The molecule has 0 aromatic carbocycles. The van der Waals surface area contributed by atoms with Gasteiger partial charge in [-0.15, -0.1) is 0 Å². The molecule has 0 aliphatic heterocycles. The van der Waals surface area contributed by atoms with Crippen molar-refractivity contribution in [2.75, 3.05) is 19.3 Å². The van der Waals surface area contributed by atoms with Crippen molar-refractivity contribution >= 4 is 10.1 Å². The van der Waals surface area contributed by atoms with E-state index < -0.39 is 10.1 Å². The van der Waals surface area contributed by atoms with Crippen LogP contribution in [0.25, 0.3) is 0 Å². The summed E-state index contributed by atoms with van der Waals surface area (Å²) in [5.41, 5.74) is 0. The third-order valence-electron chi connectivity index (χ3n) is 1.08. The summed E-state index contributed by atoms with van der Waals surface area (Å²) in [6, 6.07) is 0. The molecule has 2 N–H and O–H groups in total. The van der Waals surface area contributed by atoms with E-state index in [1.807, 2.05) is 0 Å². The maximum Gasteiger partial charge on any atom is 1.00 e. The molecule has 0 aliphatic carbocycles. The molecule has 0 fully saturated rings. The Morgan fingerprint density at radius 1 is 1.45 bits per heavy atom. The third-order valence-corrected chi connectivity index (χ3v) is 1.88. The van der Waals surface area contributed by atoms with Crippen molar-refractivity contribution in [3.05, 3.63) is 0 Å². The van der Waals surface area contributed by atoms with Gasteiger partial charge in [0.2, 0.25) is 0 Å². The molecule has 4 nitrogen and oxygen atoms in total. The number of nitrogens with one attached hydrogen (secondary N) is 1. The van der Waals surface area contributed by atoms with Crippen LogP contribution >= 0.6 is 0 Å². The molecule has 0 amide bonds. The van der Waals surface area contributed by atoms with Crippen molar-refractivity contribution in [1.82, 2.24) is 5.32 Å². The van der Waals surface area contributed by atoms with Crippen LogP contribution in [0.1, 0.15) is 14.3 Å². The van der Waals surface area contributed by atoms with Gasteiger partial charge in [0.15, 0.2) is 0 Å². The first-order chi connectivity index (χ1) is 4.56. The van der Waals surface area contributed by atoms with E-state index in [-0.39, 0.29) is 58.6 Å². The van der Waals surface area contributed by atoms with Crippen molar-refractivity contribution in [2.24, 2.45) is 0 Å². The average molecular weight is 207 g/mol. The van der Waals surface area contributed by atoms with Crippen LogP contribution < -0.4 is 56.7 Å². The normalized spacial score (nSPS) is 10.7. The van der Waals surface area contributed by atoms with Crippen LogP contribution in [-0.2, 0) is 10.1 Å². The zero-order valence-electron chi connectivity index (χ0n) is 8.00. The molecule has 0 saturated heterocycles. The minimum Gasteiger partial charge on any atom is -1.00 e. The summed E-state index contributed by atoms with van der Waals surface area (Å²) in [6.45, 7) is 0.787. The summed E-state index contributed by atoms with van der Waals surface area (Å²) in [6.07, 6.45) is 1.29. The van der Waals surface area contributed by atoms with Gasteiger partial charge in [0, 0.05) is 0 Å². The monoisotopic (exact) mass is 207 g/mol. The Morgan fingerprint density at radius 3 is 2.36 bits per heavy atom. The second kappa shape index (κ2) is 8.12. The van der Waals surface area contributed by atoms with Crippen LogP contribution in [-0.4, -0.2) is 32.3 Å². The molecule has 64 valence electrons. The van der Waals surface area contributed by atoms with Gasteiger partial charge in [0.25, 0.3) is 10.1 Å². The molecule has 0 heterocycles. The Balaban J connectivity index is -0.000000405. The smallest absolute Gasteiger partial charge is 1.00 e. The van der Waals surface area contributed by atoms with Gasteiger partial charge in [-0.3, -0.25) is 4.55 Å². The van der Waals surface area contributed by atoms with E-state index in [4.69, 9.17) is 4.55 Å². The second-order valence-electron chi connectivity index (χ2n) is 2.10. The quantitative estimate of drug-likeness (QED) is 0.286. The molecule has 0 bridgehead atoms. The first-order valence-electron chi connectivity index (χ1n) is 3.16. The molecule has 0 aliphatic rings. The van der Waals surface area contributed by atoms with E-state index >= 15 is 0 Å². The maximum absolute atomic E-state index is 10.1. The predicted octanol–water partition coefficient (Wildman–Crippen LogP) is -3.01. The fraction of sp³-hybridized carbons (Fsp3) is 1.00. The molecule has 11 heavy (non-hydrogen) atoms. The van der Waals surface area contributed by atoms with Crippen molar-refractivity contribution in [3.63, 3.8) is 0 Å². The Hall–Kier alpha value is 1.51. The SMILES string of the molecule is CNCCCCS(=O)(=O)O.[H-].[K+]. The van der Waals surface area contributed by atoms with Gasteiger partial charge in [-0.2, -0.15) is 8.42 Å². The largest absolute Gasteiger partial charge is 1.00 e. The fourth-order valence-electron chi connectivity index (χ4n) is 0.586. The topological polar surface area (TPSA) is 66.4 Å². The molecule has 0 radical (unpaired) electrons. The number of hydrogen-bond donors (Lipinski definition) is 2. The minimum absolute atomic E-state index is 0. The summed E-state index contributed by atoms with van der Waals surface area (Å²) in [5.74, 6) is -0.130. The van der Waals surface area contributed by atoms with Crippen LogP contribution in [0.5, 0.6) is 0 Å². The van der Waals surface area contributed by atoms with Crippen molar-refractivity contribution in [2.45, 2.75) is 12.8 Å². The standard InChI is InChI=1S/C5H13NO3S.K.H/c1-6-4-2-3-5-10(7,8)9;;/h6H,2-5H2,1H3,(H,7,8,9);;/q;+1;-1. The van der Waals surface area contributed by atoms with Gasteiger partial charge < -0.3 is 6.74 Å². The Kier molecular flexibility index (Phi) is 11.1. The van der Waals surface area contributed by atoms with Crippen molar-refractivity contribution in [1.29, 1.82) is 0 Å². The number of unbranched alkanes of at least 4 members (excludes halogenated alkanes) is 1. The van der Waals surface area contributed by atoms with Gasteiger partial charge >= 0.3 is 51.4 Å². The van der Waals surface area contributed by atoms with Crippen LogP contribution in [0, 0.1) is 0 Å². The maximum atomic E-state index is 10.1. The fourth-order valence-corrected chi connectivity index (χ4v) is 1.16. The average Bonchev–Trinajstić information content (AvgIpc) is 1.78. The minimum atomic E-state index is -3.73. The number of hydrogen-bond acceptors (Lipinski definition) is 3. The van der Waals surface area contributed by atoms with E-state index in [9.17, 15) is 8.42 Å². The van der Waals surface area contributed by atoms with Gasteiger partial charge in [-0.1, -0.05) is 0 Å². The first-order valence-corrected chi connectivity index (χ1v) is 4.77. The van der Waals surface area contributed by atoms with Crippen LogP contribution in [0.15, 0.2) is 0 Å². The Labute approximate surface area is 112 Å². The molecule has 0 saturated carbocycles. The molecule has 0 rings (SSSR count). The molecule has 0 unspecified atom stereocenters. The van der Waals surface area contributed by atoms with Gasteiger partial charge in [-0.25, -0.2) is 0 Å². The van der Waals surface area contributed by atoms with E-state index in [1.165, 1.54) is 0 Å². The van der Waals surface area contributed by atoms with Gasteiger partial charge in [-0.05, 0) is 26.4 Å². The van der Waals surface area contributed by atoms with Crippen molar-refractivity contribution < 1.29 is 65.8 Å². The van der Waals surface area contributed by atoms with E-state index in [0.717, 1.165) is 13.0 Å². The summed E-state index contributed by atoms with van der Waals surface area (Å²) >= 11 is 0. The van der Waals surface area contributed by atoms with E-state index in [0.29, 0.717) is 6.42 Å². The summed E-state index contributed by atoms with van der Waals surface area (Å²) in [7, 11) is -1.93. The Morgan fingerprint density at radius 2 is 2.00 bits per heavy atom. The zero-order valence-corrected chi connectivity index (χ0v) is 10.9. The second-order valence-corrected chi connectivity index (χ2v) is 3.67. The summed E-state index contributed by atoms with van der Waals surface area (Å²) in [5, 5.41) is 2.88. The van der Waals surface area contributed by atoms with Gasteiger partial charge in [0.1, 0.15) is 0 Å². The van der Waals surface area contributed by atoms with Crippen LogP contribution in [0.3, 0.4) is 0 Å². The molecule has 0 aromatic rings. The third kappa shape index (κ3) is 14.4. The summed E-state index contributed by atoms with van der Waals surface area (Å²) in [4.78, 5) is 0. The van der Waals surface area contributed by atoms with Crippen LogP contribution in [0.2, 0.25) is 0 Å². The zero-order chi connectivity index (χ0) is 8.04. The molecule has 0 aromatic heterocycles. The number of rotatable bonds is 5. The molecular weight excluding hydrogens is 193 g/mol. The molecule has 0 spiro atoms. The van der Waals surface area contributed by atoms with Crippen molar-refractivity contribution in [3.8, 4) is 0 Å².